The van der Waals surface area contributed by atoms with Gasteiger partial charge in [-0.25, -0.2) is 4.79 Å². The van der Waals surface area contributed by atoms with Crippen molar-refractivity contribution in [1.82, 2.24) is 5.32 Å². The highest BCUT2D eigenvalue weighted by atomic mass is 16.6. The number of carbonyl (C=O) groups excluding carboxylic acids is 2. The number of aliphatic hydroxyl groups is 1. The third-order valence-electron chi connectivity index (χ3n) is 5.02. The first-order chi connectivity index (χ1) is 11.6. The maximum absolute atomic E-state index is 12.2. The molecule has 1 rings (SSSR count). The molecule has 0 heterocycles. The number of nitrogens with two attached hydrogens (primary N) is 1. The van der Waals surface area contributed by atoms with E-state index in [0.717, 1.165) is 12.8 Å². The molecule has 0 aromatic heterocycles. The molecule has 0 aliphatic heterocycles. The van der Waals surface area contributed by atoms with Gasteiger partial charge in [-0.2, -0.15) is 0 Å². The van der Waals surface area contributed by atoms with Crippen molar-refractivity contribution in [1.29, 1.82) is 0 Å². The zero-order valence-electron chi connectivity index (χ0n) is 16.2. The molecule has 7 nitrogen and oxygen atoms in total. The van der Waals surface area contributed by atoms with E-state index in [1.807, 2.05) is 13.8 Å². The van der Waals surface area contributed by atoms with Gasteiger partial charge >= 0.3 is 12.1 Å². The van der Waals surface area contributed by atoms with Crippen molar-refractivity contribution in [3.63, 3.8) is 0 Å². The normalized spacial score (nSPS) is 27.9. The number of methoxy groups -OCH3 is 1. The molecular weight excluding hydrogens is 324 g/mol. The lowest BCUT2D eigenvalue weighted by Crippen LogP contribution is -2.51. The summed E-state index contributed by atoms with van der Waals surface area (Å²) in [5, 5.41) is 13.5. The third kappa shape index (κ3) is 5.57. The number of amides is 1. The highest BCUT2D eigenvalue weighted by molar-refractivity contribution is 5.74. The largest absolute Gasteiger partial charge is 0.469 e. The molecule has 0 radical (unpaired) electrons. The molecule has 0 spiro atoms. The summed E-state index contributed by atoms with van der Waals surface area (Å²) in [6, 6.07) is -0.774. The van der Waals surface area contributed by atoms with Crippen LogP contribution in [0.4, 0.5) is 4.79 Å². The van der Waals surface area contributed by atoms with E-state index in [1.165, 1.54) is 7.11 Å². The molecule has 0 saturated heterocycles. The predicted octanol–water partition coefficient (Wildman–Crippen LogP) is 1.81. The number of aliphatic hydroxyl groups excluding tert-OH is 1. The molecule has 1 aliphatic carbocycles. The molecule has 0 bridgehead atoms. The minimum atomic E-state index is -0.956. The van der Waals surface area contributed by atoms with Crippen LogP contribution in [0.3, 0.4) is 0 Å². The van der Waals surface area contributed by atoms with Gasteiger partial charge in [0.1, 0.15) is 5.60 Å². The Hall–Kier alpha value is -1.34. The van der Waals surface area contributed by atoms with Crippen LogP contribution in [0, 0.1) is 17.8 Å². The van der Waals surface area contributed by atoms with Gasteiger partial charge in [-0.1, -0.05) is 26.7 Å². The minimum Gasteiger partial charge on any atom is -0.469 e. The number of esters is 1. The number of hydrogen-bond acceptors (Lipinski definition) is 6. The monoisotopic (exact) mass is 358 g/mol. The molecule has 1 fully saturated rings. The number of rotatable bonds is 6. The summed E-state index contributed by atoms with van der Waals surface area (Å²) in [6.07, 6.45) is 0.484. The standard InChI is InChI=1S/C18H34N2O5/c1-7-10(8-2)14(19)13-12(20-17(23)25-18(3,4)5)9-11(15(13)21)16(22)24-6/h10-15,21H,7-9,19H2,1-6H3,(H,20,23)/t11-,12?,13?,14?,15?/m1/s1. The van der Waals surface area contributed by atoms with Crippen molar-refractivity contribution < 1.29 is 24.2 Å². The van der Waals surface area contributed by atoms with E-state index >= 15 is 0 Å². The molecule has 25 heavy (non-hydrogen) atoms. The van der Waals surface area contributed by atoms with Gasteiger partial charge < -0.3 is 25.6 Å². The SMILES string of the molecule is CCC(CC)C(N)C1C(NC(=O)OC(C)(C)C)C[C@@H](C(=O)OC)C1O. The van der Waals surface area contributed by atoms with Crippen LogP contribution in [0.5, 0.6) is 0 Å². The van der Waals surface area contributed by atoms with Crippen LogP contribution in [0.2, 0.25) is 0 Å². The fourth-order valence-electron chi connectivity index (χ4n) is 3.72. The summed E-state index contributed by atoms with van der Waals surface area (Å²) in [5.74, 6) is -1.42. The zero-order chi connectivity index (χ0) is 19.4. The van der Waals surface area contributed by atoms with E-state index in [1.54, 1.807) is 20.8 Å². The third-order valence-corrected chi connectivity index (χ3v) is 5.02. The molecule has 0 aromatic rings. The second kappa shape index (κ2) is 8.85. The van der Waals surface area contributed by atoms with Gasteiger partial charge in [-0.15, -0.1) is 0 Å². The van der Waals surface area contributed by atoms with E-state index in [-0.39, 0.29) is 18.4 Å². The van der Waals surface area contributed by atoms with Crippen LogP contribution >= 0.6 is 0 Å². The Morgan fingerprint density at radius 3 is 2.28 bits per heavy atom. The first-order valence-electron chi connectivity index (χ1n) is 9.06. The molecule has 7 heteroatoms. The van der Waals surface area contributed by atoms with Crippen molar-refractivity contribution in [2.24, 2.45) is 23.5 Å². The zero-order valence-corrected chi connectivity index (χ0v) is 16.2. The lowest BCUT2D eigenvalue weighted by molar-refractivity contribution is -0.149. The molecule has 4 unspecified atom stereocenters. The van der Waals surface area contributed by atoms with Crippen molar-refractivity contribution in [2.75, 3.05) is 7.11 Å². The molecule has 0 aromatic carbocycles. The number of alkyl carbamates (subject to hydrolysis) is 1. The second-order valence-corrected chi connectivity index (χ2v) is 7.84. The Kier molecular flexibility index (Phi) is 7.68. The van der Waals surface area contributed by atoms with Gasteiger partial charge in [-0.05, 0) is 33.1 Å². The Bertz CT molecular complexity index is 459. The van der Waals surface area contributed by atoms with Crippen LogP contribution in [0.25, 0.3) is 0 Å². The highest BCUT2D eigenvalue weighted by Gasteiger charge is 2.50. The Labute approximate surface area is 150 Å². The Morgan fingerprint density at radius 2 is 1.84 bits per heavy atom. The van der Waals surface area contributed by atoms with E-state index in [4.69, 9.17) is 15.2 Å². The minimum absolute atomic E-state index is 0.194. The molecule has 1 aliphatic rings. The Balaban J connectivity index is 3.00. The highest BCUT2D eigenvalue weighted by Crippen LogP contribution is 2.37. The first kappa shape index (κ1) is 21.7. The van der Waals surface area contributed by atoms with Crippen molar-refractivity contribution >= 4 is 12.1 Å². The summed E-state index contributed by atoms with van der Waals surface area (Å²) in [4.78, 5) is 24.2. The van der Waals surface area contributed by atoms with Gasteiger partial charge in [0.25, 0.3) is 0 Å². The maximum atomic E-state index is 12.2. The quantitative estimate of drug-likeness (QED) is 0.625. The smallest absolute Gasteiger partial charge is 0.407 e. The Morgan fingerprint density at radius 1 is 1.28 bits per heavy atom. The summed E-state index contributed by atoms with van der Waals surface area (Å²) in [6.45, 7) is 9.43. The average Bonchev–Trinajstić information content (AvgIpc) is 2.81. The van der Waals surface area contributed by atoms with E-state index in [2.05, 4.69) is 5.32 Å². The van der Waals surface area contributed by atoms with E-state index < -0.39 is 41.6 Å². The maximum Gasteiger partial charge on any atom is 0.407 e. The number of hydrogen-bond donors (Lipinski definition) is 3. The van der Waals surface area contributed by atoms with Gasteiger partial charge in [0, 0.05) is 18.0 Å². The van der Waals surface area contributed by atoms with Crippen LogP contribution in [-0.4, -0.2) is 48.1 Å². The first-order valence-corrected chi connectivity index (χ1v) is 9.06. The topological polar surface area (TPSA) is 111 Å². The average molecular weight is 358 g/mol. The van der Waals surface area contributed by atoms with Gasteiger partial charge in [-0.3, -0.25) is 4.79 Å². The van der Waals surface area contributed by atoms with Gasteiger partial charge in [0.15, 0.2) is 0 Å². The predicted molar refractivity (Wildman–Crippen MR) is 94.8 cm³/mol. The molecular formula is C18H34N2O5. The lowest BCUT2D eigenvalue weighted by atomic mass is 9.81. The van der Waals surface area contributed by atoms with Crippen LogP contribution in [0.15, 0.2) is 0 Å². The van der Waals surface area contributed by atoms with Crippen molar-refractivity contribution in [3.05, 3.63) is 0 Å². The summed E-state index contributed by atoms with van der Waals surface area (Å²) in [7, 11) is 1.29. The van der Waals surface area contributed by atoms with E-state index in [0.29, 0.717) is 0 Å². The number of ether oxygens (including phenoxy) is 2. The summed E-state index contributed by atoms with van der Waals surface area (Å²) < 4.78 is 10.1. The molecule has 1 amide bonds. The number of carbonyl (C=O) groups is 2. The van der Waals surface area contributed by atoms with Crippen molar-refractivity contribution in [2.45, 2.75) is 77.7 Å². The molecule has 146 valence electrons. The van der Waals surface area contributed by atoms with Gasteiger partial charge in [0.2, 0.25) is 0 Å². The summed E-state index contributed by atoms with van der Waals surface area (Å²) in [5.41, 5.74) is 5.80. The molecule has 5 atom stereocenters. The van der Waals surface area contributed by atoms with Crippen molar-refractivity contribution in [3.8, 4) is 0 Å². The molecule has 4 N–H and O–H groups in total. The van der Waals surface area contributed by atoms with Crippen LogP contribution in [-0.2, 0) is 14.3 Å². The number of nitrogens with one attached hydrogen (secondary N) is 1. The van der Waals surface area contributed by atoms with Crippen LogP contribution < -0.4 is 11.1 Å². The fraction of sp³-hybridized carbons (Fsp3) is 0.889. The van der Waals surface area contributed by atoms with E-state index in [9.17, 15) is 14.7 Å². The second-order valence-electron chi connectivity index (χ2n) is 7.84. The van der Waals surface area contributed by atoms with Gasteiger partial charge in [0.05, 0.1) is 19.1 Å². The lowest BCUT2D eigenvalue weighted by Gasteiger charge is -2.33. The summed E-state index contributed by atoms with van der Waals surface area (Å²) >= 11 is 0. The molecule has 1 saturated carbocycles. The fourth-order valence-corrected chi connectivity index (χ4v) is 3.72. The van der Waals surface area contributed by atoms with Crippen LogP contribution in [0.1, 0.15) is 53.9 Å².